The van der Waals surface area contributed by atoms with Gasteiger partial charge in [0.1, 0.15) is 0 Å². The van der Waals surface area contributed by atoms with E-state index in [4.69, 9.17) is 0 Å². The smallest absolute Gasteiger partial charge is 0.0192 e. The molecule has 0 spiro atoms. The number of allylic oxidation sites excluding steroid dienone is 1. The van der Waals surface area contributed by atoms with Crippen LogP contribution in [0.4, 0.5) is 0 Å². The molecule has 0 N–H and O–H groups in total. The third-order valence-corrected chi connectivity index (χ3v) is 1.85. The van der Waals surface area contributed by atoms with Gasteiger partial charge < -0.3 is 4.31 Å². The zero-order valence-corrected chi connectivity index (χ0v) is 7.28. The summed E-state index contributed by atoms with van der Waals surface area (Å²) in [7, 11) is 1.90. The third-order valence-electron chi connectivity index (χ3n) is 1.60. The van der Waals surface area contributed by atoms with Gasteiger partial charge in [0.2, 0.25) is 0 Å². The van der Waals surface area contributed by atoms with Crippen molar-refractivity contribution < 1.29 is 0 Å². The van der Waals surface area contributed by atoms with E-state index in [1.54, 1.807) is 4.31 Å². The maximum Gasteiger partial charge on any atom is 0.0192 e. The van der Waals surface area contributed by atoms with Gasteiger partial charge in [0.15, 0.2) is 0 Å². The van der Waals surface area contributed by atoms with Crippen molar-refractivity contribution in [1.29, 1.82) is 0 Å². The highest BCUT2D eigenvalue weighted by atomic mass is 32.1. The van der Waals surface area contributed by atoms with Crippen LogP contribution >= 0.6 is 12.8 Å². The second-order valence-electron chi connectivity index (χ2n) is 2.32. The van der Waals surface area contributed by atoms with E-state index in [1.807, 2.05) is 7.05 Å². The summed E-state index contributed by atoms with van der Waals surface area (Å²) in [6.07, 6.45) is 1.13. The van der Waals surface area contributed by atoms with Crippen molar-refractivity contribution in [2.75, 3.05) is 7.05 Å². The average molecular weight is 145 g/mol. The van der Waals surface area contributed by atoms with E-state index in [9.17, 15) is 0 Å². The normalized spacial score (nSPS) is 12.9. The van der Waals surface area contributed by atoms with E-state index >= 15 is 0 Å². The highest BCUT2D eigenvalue weighted by Gasteiger charge is 2.04. The Balaban J connectivity index is 3.73. The third kappa shape index (κ3) is 2.80. The van der Waals surface area contributed by atoms with Crippen LogP contribution in [0, 0.1) is 5.92 Å². The molecule has 0 saturated carbocycles. The van der Waals surface area contributed by atoms with Gasteiger partial charge in [0.05, 0.1) is 0 Å². The molecule has 0 fully saturated rings. The van der Waals surface area contributed by atoms with Gasteiger partial charge in [-0.25, -0.2) is 0 Å². The number of hydrogen-bond donors (Lipinski definition) is 1. The summed E-state index contributed by atoms with van der Waals surface area (Å²) in [5.41, 5.74) is 1.08. The molecule has 0 radical (unpaired) electrons. The maximum atomic E-state index is 4.12. The quantitative estimate of drug-likeness (QED) is 0.596. The van der Waals surface area contributed by atoms with Gasteiger partial charge in [-0.2, -0.15) is 0 Å². The summed E-state index contributed by atoms with van der Waals surface area (Å²) in [6, 6.07) is 0. The van der Waals surface area contributed by atoms with Gasteiger partial charge in [-0.1, -0.05) is 33.2 Å². The van der Waals surface area contributed by atoms with Crippen LogP contribution in [0.3, 0.4) is 0 Å². The monoisotopic (exact) mass is 145 g/mol. The molecule has 0 aliphatic rings. The molecule has 0 rings (SSSR count). The summed E-state index contributed by atoms with van der Waals surface area (Å²) < 4.78 is 1.77. The van der Waals surface area contributed by atoms with E-state index in [2.05, 4.69) is 33.2 Å². The van der Waals surface area contributed by atoms with Crippen LogP contribution in [0.2, 0.25) is 0 Å². The van der Waals surface area contributed by atoms with Gasteiger partial charge in [0.25, 0.3) is 0 Å². The van der Waals surface area contributed by atoms with Crippen LogP contribution in [-0.2, 0) is 0 Å². The Morgan fingerprint density at radius 1 is 1.78 bits per heavy atom. The fourth-order valence-electron chi connectivity index (χ4n) is 0.555. The molecular formula is C7H15NS. The van der Waals surface area contributed by atoms with Crippen molar-refractivity contribution in [3.8, 4) is 0 Å². The van der Waals surface area contributed by atoms with Crippen molar-refractivity contribution in [3.05, 3.63) is 12.3 Å². The van der Waals surface area contributed by atoms with Crippen molar-refractivity contribution in [3.63, 3.8) is 0 Å². The minimum atomic E-state index is 0.549. The minimum absolute atomic E-state index is 0.549. The first-order valence-corrected chi connectivity index (χ1v) is 3.61. The van der Waals surface area contributed by atoms with Crippen LogP contribution in [-0.4, -0.2) is 11.4 Å². The molecule has 0 amide bonds. The summed E-state index contributed by atoms with van der Waals surface area (Å²) in [6.45, 7) is 8.17. The van der Waals surface area contributed by atoms with Crippen LogP contribution in [0.15, 0.2) is 12.3 Å². The Labute approximate surface area is 63.3 Å². The van der Waals surface area contributed by atoms with Crippen molar-refractivity contribution >= 4 is 12.8 Å². The lowest BCUT2D eigenvalue weighted by Crippen LogP contribution is -2.10. The molecular weight excluding hydrogens is 130 g/mol. The average Bonchev–Trinajstić information content (AvgIpc) is 1.84. The van der Waals surface area contributed by atoms with Gasteiger partial charge >= 0.3 is 0 Å². The lowest BCUT2D eigenvalue weighted by atomic mass is 10.1. The Bertz CT molecular complexity index is 99.1. The Morgan fingerprint density at radius 2 is 2.22 bits per heavy atom. The second kappa shape index (κ2) is 3.83. The fourth-order valence-corrected chi connectivity index (χ4v) is 0.752. The molecule has 1 unspecified atom stereocenters. The van der Waals surface area contributed by atoms with E-state index in [1.165, 1.54) is 0 Å². The van der Waals surface area contributed by atoms with Gasteiger partial charge in [-0.15, -0.1) is 0 Å². The predicted octanol–water partition coefficient (Wildman–Crippen LogP) is 2.32. The second-order valence-corrected chi connectivity index (χ2v) is 2.92. The van der Waals surface area contributed by atoms with Crippen LogP contribution < -0.4 is 0 Å². The standard InChI is InChI=1S/C7H15NS/c1-5-6(2)7(3)8(4)9/h6,9H,3,5H2,1-2,4H3. The fraction of sp³-hybridized carbons (Fsp3) is 0.714. The molecule has 54 valence electrons. The number of rotatable bonds is 3. The molecule has 0 aromatic carbocycles. The molecule has 1 atom stereocenters. The molecule has 0 bridgehead atoms. The predicted molar refractivity (Wildman–Crippen MR) is 45.3 cm³/mol. The molecule has 0 aromatic heterocycles. The maximum absolute atomic E-state index is 4.12. The van der Waals surface area contributed by atoms with E-state index in [0.717, 1.165) is 12.1 Å². The SMILES string of the molecule is C=C(C(C)CC)N(C)S. The minimum Gasteiger partial charge on any atom is -0.326 e. The molecule has 0 aliphatic heterocycles. The summed E-state index contributed by atoms with van der Waals surface area (Å²) in [5.74, 6) is 0.549. The zero-order chi connectivity index (χ0) is 7.44. The van der Waals surface area contributed by atoms with Crippen molar-refractivity contribution in [2.24, 2.45) is 5.92 Å². The Hall–Kier alpha value is -0.110. The van der Waals surface area contributed by atoms with Crippen LogP contribution in [0.25, 0.3) is 0 Å². The zero-order valence-electron chi connectivity index (χ0n) is 6.39. The molecule has 0 aromatic rings. The first-order chi connectivity index (χ1) is 4.09. The lowest BCUT2D eigenvalue weighted by molar-refractivity contribution is 0.534. The van der Waals surface area contributed by atoms with Gasteiger partial charge in [-0.05, 0) is 12.3 Å². The molecule has 1 nitrogen and oxygen atoms in total. The highest BCUT2D eigenvalue weighted by molar-refractivity contribution is 7.77. The van der Waals surface area contributed by atoms with E-state index < -0.39 is 0 Å². The Morgan fingerprint density at radius 3 is 2.33 bits per heavy atom. The first-order valence-electron chi connectivity index (χ1n) is 3.21. The summed E-state index contributed by atoms with van der Waals surface area (Å²) in [4.78, 5) is 0. The van der Waals surface area contributed by atoms with E-state index in [0.29, 0.717) is 5.92 Å². The Kier molecular flexibility index (Phi) is 3.78. The molecule has 9 heavy (non-hydrogen) atoms. The molecule has 0 saturated heterocycles. The van der Waals surface area contributed by atoms with Gasteiger partial charge in [-0.3, -0.25) is 0 Å². The number of hydrogen-bond acceptors (Lipinski definition) is 2. The van der Waals surface area contributed by atoms with Gasteiger partial charge in [0, 0.05) is 12.7 Å². The molecule has 0 heterocycles. The first kappa shape index (κ1) is 8.89. The van der Waals surface area contributed by atoms with Crippen molar-refractivity contribution in [2.45, 2.75) is 20.3 Å². The largest absolute Gasteiger partial charge is 0.326 e. The summed E-state index contributed by atoms with van der Waals surface area (Å²) >= 11 is 4.12. The topological polar surface area (TPSA) is 3.24 Å². The molecule has 2 heteroatoms. The summed E-state index contributed by atoms with van der Waals surface area (Å²) in [5, 5.41) is 0. The highest BCUT2D eigenvalue weighted by Crippen LogP contribution is 2.15. The van der Waals surface area contributed by atoms with Crippen LogP contribution in [0.5, 0.6) is 0 Å². The lowest BCUT2D eigenvalue weighted by Gasteiger charge is -2.19. The molecule has 0 aliphatic carbocycles. The number of thiol groups is 1. The van der Waals surface area contributed by atoms with Crippen LogP contribution in [0.1, 0.15) is 20.3 Å². The number of nitrogens with zero attached hydrogens (tertiary/aromatic N) is 1. The van der Waals surface area contributed by atoms with Crippen molar-refractivity contribution in [1.82, 2.24) is 4.31 Å². The van der Waals surface area contributed by atoms with E-state index in [-0.39, 0.29) is 0 Å².